The summed E-state index contributed by atoms with van der Waals surface area (Å²) < 4.78 is 1.01. The summed E-state index contributed by atoms with van der Waals surface area (Å²) in [5, 5.41) is 3.51. The fraction of sp³-hybridized carbons (Fsp3) is 0.333. The van der Waals surface area contributed by atoms with Crippen LogP contribution < -0.4 is 11.1 Å². The van der Waals surface area contributed by atoms with Gasteiger partial charge in [0.2, 0.25) is 5.91 Å². The Morgan fingerprint density at radius 1 is 1.43 bits per heavy atom. The number of hydrogen-bond donors (Lipinski definition) is 2. The second-order valence-electron chi connectivity index (χ2n) is 5.10. The molecule has 1 aromatic carbocycles. The average molecular weight is 319 g/mol. The number of rotatable bonds is 4. The van der Waals surface area contributed by atoms with Gasteiger partial charge in [0.25, 0.3) is 0 Å². The van der Waals surface area contributed by atoms with E-state index in [1.807, 2.05) is 13.0 Å². The van der Waals surface area contributed by atoms with Crippen molar-refractivity contribution >= 4 is 39.8 Å². The van der Waals surface area contributed by atoms with Crippen LogP contribution in [0.25, 0.3) is 0 Å². The number of nitrogens with two attached hydrogens (primary N) is 1. The first-order valence-corrected chi connectivity index (χ1v) is 8.69. The molecule has 3 rings (SSSR count). The van der Waals surface area contributed by atoms with Crippen LogP contribution in [0.2, 0.25) is 0 Å². The van der Waals surface area contributed by atoms with E-state index in [1.165, 1.54) is 40.6 Å². The van der Waals surface area contributed by atoms with E-state index in [0.717, 1.165) is 28.4 Å². The molecule has 0 saturated carbocycles. The fourth-order valence-corrected chi connectivity index (χ4v) is 4.34. The molecule has 1 aliphatic rings. The second kappa shape index (κ2) is 6.07. The van der Waals surface area contributed by atoms with Crippen molar-refractivity contribution in [3.05, 3.63) is 35.0 Å². The van der Waals surface area contributed by atoms with Crippen LogP contribution in [-0.2, 0) is 17.6 Å². The van der Waals surface area contributed by atoms with Crippen molar-refractivity contribution in [2.24, 2.45) is 0 Å². The molecule has 3 N–H and O–H groups in total. The minimum Gasteiger partial charge on any atom is -0.375 e. The van der Waals surface area contributed by atoms with Crippen LogP contribution in [0.15, 0.2) is 22.4 Å². The SMILES string of the molecule is Cc1nc(N)sc1SCC(=O)Nc1ccc2c(c1)CCC2. The highest BCUT2D eigenvalue weighted by atomic mass is 32.2. The van der Waals surface area contributed by atoms with Crippen molar-refractivity contribution in [2.75, 3.05) is 16.8 Å². The van der Waals surface area contributed by atoms with Gasteiger partial charge in [0.1, 0.15) is 0 Å². The van der Waals surface area contributed by atoms with Crippen LogP contribution in [-0.4, -0.2) is 16.6 Å². The Balaban J connectivity index is 1.58. The van der Waals surface area contributed by atoms with E-state index in [-0.39, 0.29) is 5.91 Å². The lowest BCUT2D eigenvalue weighted by atomic mass is 10.1. The third-order valence-electron chi connectivity index (χ3n) is 3.49. The van der Waals surface area contributed by atoms with Gasteiger partial charge in [-0.2, -0.15) is 0 Å². The van der Waals surface area contributed by atoms with E-state index in [1.54, 1.807) is 0 Å². The van der Waals surface area contributed by atoms with Gasteiger partial charge in [-0.3, -0.25) is 4.79 Å². The van der Waals surface area contributed by atoms with Gasteiger partial charge in [-0.15, -0.1) is 11.8 Å². The number of carbonyl (C=O) groups is 1. The molecule has 1 heterocycles. The molecular formula is C15H17N3OS2. The summed E-state index contributed by atoms with van der Waals surface area (Å²) in [4.78, 5) is 16.2. The first-order chi connectivity index (χ1) is 10.1. The van der Waals surface area contributed by atoms with Gasteiger partial charge in [-0.05, 0) is 49.4 Å². The van der Waals surface area contributed by atoms with Gasteiger partial charge in [0, 0.05) is 5.69 Å². The molecule has 0 radical (unpaired) electrons. The van der Waals surface area contributed by atoms with E-state index >= 15 is 0 Å². The van der Waals surface area contributed by atoms with E-state index < -0.39 is 0 Å². The number of aryl methyl sites for hydroxylation is 3. The summed E-state index contributed by atoms with van der Waals surface area (Å²) in [5.41, 5.74) is 10.2. The van der Waals surface area contributed by atoms with Gasteiger partial charge in [0.05, 0.1) is 15.7 Å². The van der Waals surface area contributed by atoms with Crippen molar-refractivity contribution in [1.29, 1.82) is 0 Å². The molecular weight excluding hydrogens is 302 g/mol. The Morgan fingerprint density at radius 3 is 3.00 bits per heavy atom. The number of thiazole rings is 1. The third-order valence-corrected chi connectivity index (χ3v) is 5.84. The van der Waals surface area contributed by atoms with Crippen LogP contribution in [0.3, 0.4) is 0 Å². The molecule has 0 aliphatic heterocycles. The average Bonchev–Trinajstić information content (AvgIpc) is 3.02. The van der Waals surface area contributed by atoms with E-state index in [4.69, 9.17) is 5.73 Å². The van der Waals surface area contributed by atoms with Crippen molar-refractivity contribution in [3.8, 4) is 0 Å². The molecule has 0 atom stereocenters. The summed E-state index contributed by atoms with van der Waals surface area (Å²) in [5.74, 6) is 0.379. The van der Waals surface area contributed by atoms with Gasteiger partial charge in [-0.25, -0.2) is 4.98 Å². The number of hydrogen-bond acceptors (Lipinski definition) is 5. The summed E-state index contributed by atoms with van der Waals surface area (Å²) >= 11 is 2.91. The van der Waals surface area contributed by atoms with Crippen molar-refractivity contribution < 1.29 is 4.79 Å². The number of thioether (sulfide) groups is 1. The largest absolute Gasteiger partial charge is 0.375 e. The van der Waals surface area contributed by atoms with Crippen LogP contribution >= 0.6 is 23.1 Å². The highest BCUT2D eigenvalue weighted by Gasteiger charge is 2.13. The Labute approximate surface area is 132 Å². The van der Waals surface area contributed by atoms with Crippen LogP contribution in [0.5, 0.6) is 0 Å². The highest BCUT2D eigenvalue weighted by Crippen LogP contribution is 2.30. The predicted octanol–water partition coefficient (Wildman–Crippen LogP) is 3.25. The molecule has 110 valence electrons. The lowest BCUT2D eigenvalue weighted by Crippen LogP contribution is -2.14. The summed E-state index contributed by atoms with van der Waals surface area (Å²) in [6.45, 7) is 1.91. The number of nitrogens with one attached hydrogen (secondary N) is 1. The summed E-state index contributed by atoms with van der Waals surface area (Å²) in [7, 11) is 0. The van der Waals surface area contributed by atoms with Gasteiger partial charge >= 0.3 is 0 Å². The Hall–Kier alpha value is -1.53. The number of fused-ring (bicyclic) bond motifs is 1. The molecule has 1 amide bonds. The molecule has 21 heavy (non-hydrogen) atoms. The Bertz CT molecular complexity index is 682. The quantitative estimate of drug-likeness (QED) is 0.849. The molecule has 6 heteroatoms. The molecule has 0 fully saturated rings. The first kappa shape index (κ1) is 14.4. The normalized spacial score (nSPS) is 13.2. The number of amides is 1. The lowest BCUT2D eigenvalue weighted by molar-refractivity contribution is -0.113. The number of anilines is 2. The van der Waals surface area contributed by atoms with E-state index in [0.29, 0.717) is 10.9 Å². The Kier molecular flexibility index (Phi) is 4.17. The number of nitrogens with zero attached hydrogens (tertiary/aromatic N) is 1. The topological polar surface area (TPSA) is 68.0 Å². The number of nitrogen functional groups attached to an aromatic ring is 1. The smallest absolute Gasteiger partial charge is 0.234 e. The first-order valence-electron chi connectivity index (χ1n) is 6.89. The van der Waals surface area contributed by atoms with Gasteiger partial charge < -0.3 is 11.1 Å². The second-order valence-corrected chi connectivity index (χ2v) is 7.37. The van der Waals surface area contributed by atoms with E-state index in [2.05, 4.69) is 22.4 Å². The minimum absolute atomic E-state index is 0.00400. The molecule has 0 bridgehead atoms. The highest BCUT2D eigenvalue weighted by molar-refractivity contribution is 8.01. The molecule has 1 aromatic heterocycles. The molecule has 2 aromatic rings. The Morgan fingerprint density at radius 2 is 2.24 bits per heavy atom. The van der Waals surface area contributed by atoms with Crippen LogP contribution in [0.4, 0.5) is 10.8 Å². The minimum atomic E-state index is 0.00400. The van der Waals surface area contributed by atoms with Crippen molar-refractivity contribution in [1.82, 2.24) is 4.98 Å². The monoisotopic (exact) mass is 319 g/mol. The molecule has 0 saturated heterocycles. The van der Waals surface area contributed by atoms with Crippen molar-refractivity contribution in [2.45, 2.75) is 30.4 Å². The molecule has 0 spiro atoms. The van der Waals surface area contributed by atoms with Crippen LogP contribution in [0, 0.1) is 6.92 Å². The molecule has 1 aliphatic carbocycles. The van der Waals surface area contributed by atoms with Crippen molar-refractivity contribution in [3.63, 3.8) is 0 Å². The van der Waals surface area contributed by atoms with Crippen LogP contribution in [0.1, 0.15) is 23.2 Å². The molecule has 0 unspecified atom stereocenters. The lowest BCUT2D eigenvalue weighted by Gasteiger charge is -2.07. The maximum absolute atomic E-state index is 12.0. The third kappa shape index (κ3) is 3.39. The molecule has 4 nitrogen and oxygen atoms in total. The van der Waals surface area contributed by atoms with Gasteiger partial charge in [-0.1, -0.05) is 17.4 Å². The number of carbonyl (C=O) groups excluding carboxylic acids is 1. The van der Waals surface area contributed by atoms with E-state index in [9.17, 15) is 4.79 Å². The summed E-state index contributed by atoms with van der Waals surface area (Å²) in [6.07, 6.45) is 3.49. The zero-order chi connectivity index (χ0) is 14.8. The maximum Gasteiger partial charge on any atom is 0.234 e. The zero-order valence-corrected chi connectivity index (χ0v) is 13.4. The maximum atomic E-state index is 12.0. The fourth-order valence-electron chi connectivity index (χ4n) is 2.51. The predicted molar refractivity (Wildman–Crippen MR) is 89.1 cm³/mol. The van der Waals surface area contributed by atoms with Gasteiger partial charge in [0.15, 0.2) is 5.13 Å². The number of benzene rings is 1. The summed E-state index contributed by atoms with van der Waals surface area (Å²) in [6, 6.07) is 6.21. The number of aromatic nitrogens is 1. The standard InChI is InChI=1S/C15H17N3OS2/c1-9-14(21-15(16)17-9)20-8-13(19)18-12-6-5-10-3-2-4-11(10)7-12/h5-7H,2-4,8H2,1H3,(H2,16,17)(H,18,19). The zero-order valence-electron chi connectivity index (χ0n) is 11.8.